The molecule has 0 aromatic carbocycles. The maximum Gasteiger partial charge on any atom is 0.0857 e. The van der Waals surface area contributed by atoms with Crippen LogP contribution in [0.5, 0.6) is 0 Å². The van der Waals surface area contributed by atoms with Gasteiger partial charge >= 0.3 is 0 Å². The van der Waals surface area contributed by atoms with E-state index in [1.807, 2.05) is 12.3 Å². The average Bonchev–Trinajstić information content (AvgIpc) is 2.77. The normalized spacial score (nSPS) is 13.5. The van der Waals surface area contributed by atoms with Crippen LogP contribution in [-0.2, 0) is 11.8 Å². The van der Waals surface area contributed by atoms with Gasteiger partial charge in [-0.1, -0.05) is 25.3 Å². The van der Waals surface area contributed by atoms with Crippen LogP contribution in [0.15, 0.2) is 22.9 Å². The van der Waals surface area contributed by atoms with Gasteiger partial charge in [0, 0.05) is 28.3 Å². The minimum absolute atomic E-state index is 0.0323. The van der Waals surface area contributed by atoms with Gasteiger partial charge < -0.3 is 5.73 Å². The highest BCUT2D eigenvalue weighted by molar-refractivity contribution is 9.10. The van der Waals surface area contributed by atoms with Gasteiger partial charge in [0.05, 0.1) is 10.6 Å². The molecule has 2 N–H and O–H groups in total. The quantitative estimate of drug-likeness (QED) is 0.931. The zero-order valence-electron chi connectivity index (χ0n) is 11.2. The summed E-state index contributed by atoms with van der Waals surface area (Å²) in [5.74, 6) is 0. The molecule has 0 saturated carbocycles. The van der Waals surface area contributed by atoms with Crippen LogP contribution >= 0.6 is 27.5 Å². The molecule has 0 saturated heterocycles. The van der Waals surface area contributed by atoms with Crippen LogP contribution < -0.4 is 5.73 Å². The fourth-order valence-electron chi connectivity index (χ4n) is 1.87. The fourth-order valence-corrected chi connectivity index (χ4v) is 3.15. The molecule has 19 heavy (non-hydrogen) atoms. The van der Waals surface area contributed by atoms with Gasteiger partial charge in [-0.15, -0.1) is 5.10 Å². The van der Waals surface area contributed by atoms with Gasteiger partial charge in [0.2, 0.25) is 0 Å². The lowest BCUT2D eigenvalue weighted by molar-refractivity contribution is 0.550. The van der Waals surface area contributed by atoms with Crippen LogP contribution in [0.4, 0.5) is 0 Å². The molecule has 0 aliphatic carbocycles. The van der Waals surface area contributed by atoms with Gasteiger partial charge in [-0.25, -0.2) is 0 Å². The van der Waals surface area contributed by atoms with E-state index in [9.17, 15) is 0 Å². The van der Waals surface area contributed by atoms with E-state index in [0.29, 0.717) is 0 Å². The van der Waals surface area contributed by atoms with Crippen molar-refractivity contribution in [1.82, 2.24) is 14.6 Å². The SMILES string of the molecule is CC(C)(C)c1nnsc1C(N)Cc1cncc(Br)c1. The number of nitrogens with zero attached hydrogens (tertiary/aromatic N) is 3. The molecule has 2 aromatic rings. The Hall–Kier alpha value is -0.850. The molecule has 0 radical (unpaired) electrons. The number of halogens is 1. The van der Waals surface area contributed by atoms with Crippen LogP contribution in [0, 0.1) is 0 Å². The molecule has 0 fully saturated rings. The van der Waals surface area contributed by atoms with Crippen LogP contribution in [0.1, 0.15) is 42.9 Å². The first kappa shape index (κ1) is 14.6. The Kier molecular flexibility index (Phi) is 4.32. The summed E-state index contributed by atoms with van der Waals surface area (Å²) in [5.41, 5.74) is 8.37. The second kappa shape index (κ2) is 5.64. The van der Waals surface area contributed by atoms with Crippen molar-refractivity contribution in [2.24, 2.45) is 5.73 Å². The van der Waals surface area contributed by atoms with E-state index in [-0.39, 0.29) is 11.5 Å². The lowest BCUT2D eigenvalue weighted by Crippen LogP contribution is -2.20. The number of hydrogen-bond acceptors (Lipinski definition) is 5. The van der Waals surface area contributed by atoms with Crippen molar-refractivity contribution in [2.45, 2.75) is 38.6 Å². The number of aromatic nitrogens is 3. The van der Waals surface area contributed by atoms with Gasteiger partial charge in [-0.2, -0.15) is 0 Å². The van der Waals surface area contributed by atoms with E-state index in [1.54, 1.807) is 6.20 Å². The first-order valence-electron chi connectivity index (χ1n) is 6.05. The van der Waals surface area contributed by atoms with Crippen molar-refractivity contribution in [2.75, 3.05) is 0 Å². The summed E-state index contributed by atoms with van der Waals surface area (Å²) < 4.78 is 5.02. The monoisotopic (exact) mass is 340 g/mol. The van der Waals surface area contributed by atoms with E-state index in [4.69, 9.17) is 5.73 Å². The third-order valence-electron chi connectivity index (χ3n) is 2.78. The number of hydrogen-bond donors (Lipinski definition) is 1. The van der Waals surface area contributed by atoms with Crippen molar-refractivity contribution >= 4 is 27.5 Å². The van der Waals surface area contributed by atoms with E-state index >= 15 is 0 Å². The van der Waals surface area contributed by atoms with Gasteiger partial charge in [0.25, 0.3) is 0 Å². The molecule has 102 valence electrons. The molecule has 2 heterocycles. The molecular weight excluding hydrogens is 324 g/mol. The zero-order valence-corrected chi connectivity index (χ0v) is 13.6. The van der Waals surface area contributed by atoms with Crippen molar-refractivity contribution in [3.8, 4) is 0 Å². The third-order valence-corrected chi connectivity index (χ3v) is 4.07. The molecule has 0 aliphatic rings. The maximum atomic E-state index is 6.31. The summed E-state index contributed by atoms with van der Waals surface area (Å²) in [4.78, 5) is 5.22. The Balaban J connectivity index is 2.21. The summed E-state index contributed by atoms with van der Waals surface area (Å²) in [6.45, 7) is 6.38. The Morgan fingerprint density at radius 1 is 1.37 bits per heavy atom. The predicted octanol–water partition coefficient (Wildman–Crippen LogP) is 3.24. The molecule has 0 bridgehead atoms. The summed E-state index contributed by atoms with van der Waals surface area (Å²) in [5, 5.41) is 4.23. The molecular formula is C13H17BrN4S. The zero-order chi connectivity index (χ0) is 14.0. The summed E-state index contributed by atoms with van der Waals surface area (Å²) in [6, 6.07) is 1.95. The molecule has 0 spiro atoms. The van der Waals surface area contributed by atoms with Gasteiger partial charge in [-0.3, -0.25) is 4.98 Å². The smallest absolute Gasteiger partial charge is 0.0857 e. The van der Waals surface area contributed by atoms with Crippen LogP contribution in [0.2, 0.25) is 0 Å². The summed E-state index contributed by atoms with van der Waals surface area (Å²) in [7, 11) is 0. The highest BCUT2D eigenvalue weighted by Crippen LogP contribution is 2.30. The topological polar surface area (TPSA) is 64.7 Å². The summed E-state index contributed by atoms with van der Waals surface area (Å²) in [6.07, 6.45) is 4.35. The van der Waals surface area contributed by atoms with Crippen molar-refractivity contribution in [3.05, 3.63) is 39.1 Å². The fraction of sp³-hybridized carbons (Fsp3) is 0.462. The first-order valence-corrected chi connectivity index (χ1v) is 7.62. The average molecular weight is 341 g/mol. The highest BCUT2D eigenvalue weighted by Gasteiger charge is 2.25. The highest BCUT2D eigenvalue weighted by atomic mass is 79.9. The van der Waals surface area contributed by atoms with Gasteiger partial charge in [-0.05, 0) is 45.5 Å². The van der Waals surface area contributed by atoms with Gasteiger partial charge in [0.1, 0.15) is 0 Å². The lowest BCUT2D eigenvalue weighted by atomic mass is 9.89. The Bertz CT molecular complexity index is 562. The van der Waals surface area contributed by atoms with E-state index in [1.165, 1.54) is 11.5 Å². The van der Waals surface area contributed by atoms with E-state index in [0.717, 1.165) is 27.0 Å². The Morgan fingerprint density at radius 3 is 2.74 bits per heavy atom. The van der Waals surface area contributed by atoms with Crippen molar-refractivity contribution < 1.29 is 0 Å². The second-order valence-electron chi connectivity index (χ2n) is 5.56. The number of pyridine rings is 1. The second-order valence-corrected chi connectivity index (χ2v) is 7.26. The minimum Gasteiger partial charge on any atom is -0.323 e. The Labute approximate surface area is 125 Å². The maximum absolute atomic E-state index is 6.31. The molecule has 6 heteroatoms. The Morgan fingerprint density at radius 2 is 2.11 bits per heavy atom. The molecule has 1 unspecified atom stereocenters. The molecule has 4 nitrogen and oxygen atoms in total. The standard InChI is InChI=1S/C13H17BrN4S/c1-13(2,3)12-11(19-18-17-12)10(15)5-8-4-9(14)7-16-6-8/h4,6-7,10H,5,15H2,1-3H3. The molecule has 2 aromatic heterocycles. The number of rotatable bonds is 3. The van der Waals surface area contributed by atoms with Crippen LogP contribution in [0.3, 0.4) is 0 Å². The molecule has 0 aliphatic heterocycles. The van der Waals surface area contributed by atoms with E-state index < -0.39 is 0 Å². The van der Waals surface area contributed by atoms with Gasteiger partial charge in [0.15, 0.2) is 0 Å². The largest absolute Gasteiger partial charge is 0.323 e. The van der Waals surface area contributed by atoms with Crippen molar-refractivity contribution in [3.63, 3.8) is 0 Å². The predicted molar refractivity (Wildman–Crippen MR) is 81.2 cm³/mol. The lowest BCUT2D eigenvalue weighted by Gasteiger charge is -2.19. The molecule has 0 amide bonds. The number of nitrogens with two attached hydrogens (primary N) is 1. The minimum atomic E-state index is -0.0923. The first-order chi connectivity index (χ1) is 8.88. The molecule has 2 rings (SSSR count). The van der Waals surface area contributed by atoms with Crippen LogP contribution in [-0.4, -0.2) is 14.6 Å². The third kappa shape index (κ3) is 3.58. The van der Waals surface area contributed by atoms with E-state index in [2.05, 4.69) is 51.3 Å². The molecule has 1 atom stereocenters. The summed E-state index contributed by atoms with van der Waals surface area (Å²) >= 11 is 4.81. The van der Waals surface area contributed by atoms with Crippen LogP contribution in [0.25, 0.3) is 0 Å². The van der Waals surface area contributed by atoms with Crippen molar-refractivity contribution in [1.29, 1.82) is 0 Å².